The van der Waals surface area contributed by atoms with Gasteiger partial charge in [0.2, 0.25) is 23.0 Å². The molecule has 2 aliphatic carbocycles. The molecule has 2 spiro atoms. The average Bonchev–Trinajstić information content (AvgIpc) is 3.87. The van der Waals surface area contributed by atoms with Crippen molar-refractivity contribution in [2.75, 3.05) is 27.3 Å². The minimum absolute atomic E-state index is 0.0505. The Morgan fingerprint density at radius 3 is 1.75 bits per heavy atom. The minimum atomic E-state index is -0.744. The van der Waals surface area contributed by atoms with E-state index in [1.165, 1.54) is 14.2 Å². The number of amides is 4. The number of aromatic nitrogens is 4. The van der Waals surface area contributed by atoms with Crippen LogP contribution in [0.4, 0.5) is 9.59 Å². The van der Waals surface area contributed by atoms with Gasteiger partial charge < -0.3 is 49.0 Å². The predicted octanol–water partition coefficient (Wildman–Crippen LogP) is 7.00. The maximum atomic E-state index is 14.1. The zero-order valence-corrected chi connectivity index (χ0v) is 37.4. The molecule has 0 radical (unpaired) electrons. The molecule has 2 aromatic carbocycles. The lowest BCUT2D eigenvalue weighted by Gasteiger charge is -2.30. The summed E-state index contributed by atoms with van der Waals surface area (Å²) < 4.78 is 22.2. The zero-order valence-electron chi connectivity index (χ0n) is 37.4. The van der Waals surface area contributed by atoms with Crippen LogP contribution in [-0.4, -0.2) is 93.1 Å². The van der Waals surface area contributed by atoms with Gasteiger partial charge >= 0.3 is 12.2 Å². The van der Waals surface area contributed by atoms with Gasteiger partial charge in [-0.15, -0.1) is 0 Å². The number of fused-ring (bicyclic) bond motifs is 4. The van der Waals surface area contributed by atoms with E-state index in [1.807, 2.05) is 61.8 Å². The monoisotopic (exact) mass is 886 g/mol. The molecule has 3 aliphatic heterocycles. The van der Waals surface area contributed by atoms with Gasteiger partial charge in [-0.1, -0.05) is 39.8 Å². The number of methoxy groups -OCH3 is 2. The molecule has 17 heteroatoms. The van der Waals surface area contributed by atoms with Crippen LogP contribution in [-0.2, 0) is 25.7 Å². The van der Waals surface area contributed by atoms with Crippen molar-refractivity contribution in [3.05, 3.63) is 76.2 Å². The molecule has 5 aromatic rings. The number of alkyl carbamates (subject to hydrolysis) is 2. The summed E-state index contributed by atoms with van der Waals surface area (Å²) in [6, 6.07) is 9.25. The van der Waals surface area contributed by atoms with Crippen molar-refractivity contribution in [3.8, 4) is 39.6 Å². The number of carbonyl (C=O) groups excluding carboxylic acids is 4. The first-order valence-electron chi connectivity index (χ1n) is 22.5. The van der Waals surface area contributed by atoms with Crippen LogP contribution < -0.4 is 20.8 Å². The van der Waals surface area contributed by atoms with Crippen molar-refractivity contribution in [2.24, 2.45) is 22.7 Å². The fraction of sp³-hybridized carbons (Fsp3) is 0.479. The van der Waals surface area contributed by atoms with Crippen LogP contribution in [0.15, 0.2) is 58.0 Å². The van der Waals surface area contributed by atoms with Crippen molar-refractivity contribution in [1.29, 1.82) is 0 Å². The fourth-order valence-corrected chi connectivity index (χ4v) is 10.1. The molecule has 4 fully saturated rings. The number of carbonyl (C=O) groups is 4. The number of hydrogen-bond acceptors (Lipinski definition) is 11. The van der Waals surface area contributed by atoms with Crippen molar-refractivity contribution < 1.29 is 37.8 Å². The van der Waals surface area contributed by atoms with Crippen LogP contribution in [0, 0.1) is 22.7 Å². The summed E-state index contributed by atoms with van der Waals surface area (Å²) in [5, 5.41) is 5.82. The third-order valence-electron chi connectivity index (χ3n) is 14.3. The van der Waals surface area contributed by atoms with E-state index in [2.05, 4.69) is 20.6 Å². The summed E-state index contributed by atoms with van der Waals surface area (Å²) in [5.74, 6) is 1.21. The van der Waals surface area contributed by atoms with E-state index in [0.29, 0.717) is 47.2 Å². The first kappa shape index (κ1) is 42.3. The molecular formula is C48H54N8O9. The number of nitrogens with zero attached hydrogens (tertiary/aromatic N) is 4. The van der Waals surface area contributed by atoms with Gasteiger partial charge in [0.25, 0.3) is 0 Å². The summed E-state index contributed by atoms with van der Waals surface area (Å²) in [7, 11) is 2.57. The lowest BCUT2D eigenvalue weighted by molar-refractivity contribution is -0.136. The second kappa shape index (κ2) is 15.8. The highest BCUT2D eigenvalue weighted by Gasteiger charge is 2.56. The average molecular weight is 887 g/mol. The van der Waals surface area contributed by atoms with E-state index >= 15 is 0 Å². The summed E-state index contributed by atoms with van der Waals surface area (Å²) in [6.07, 6.45) is 7.93. The predicted molar refractivity (Wildman–Crippen MR) is 237 cm³/mol. The third-order valence-corrected chi connectivity index (χ3v) is 14.3. The summed E-state index contributed by atoms with van der Waals surface area (Å²) in [4.78, 5) is 86.5. The van der Waals surface area contributed by atoms with Crippen LogP contribution in [0.5, 0.6) is 5.75 Å². The second-order valence-corrected chi connectivity index (χ2v) is 19.4. The van der Waals surface area contributed by atoms with Gasteiger partial charge in [0.05, 0.1) is 55.5 Å². The van der Waals surface area contributed by atoms with Crippen LogP contribution in [0.2, 0.25) is 0 Å². The molecule has 5 aliphatic rings. The smallest absolute Gasteiger partial charge is 0.407 e. The maximum absolute atomic E-state index is 14.1. The highest BCUT2D eigenvalue weighted by atomic mass is 16.5. The van der Waals surface area contributed by atoms with Gasteiger partial charge in [-0.3, -0.25) is 14.4 Å². The SMILES string of the molecule is COC(=O)N[C@H](C(=O)N1CC2(CC2)C[C@H]1c1ncc(-c2ccc3c(c2)COc2c-3oc3ccc(-c4cnc([C@@H]5CC6(CC6)CN5C(=O)[C@@H](NC(=O)OC)C(C)C)[nH]4)cc3c2=O)[nH]1)C(C)C. The van der Waals surface area contributed by atoms with Crippen molar-refractivity contribution in [2.45, 2.75) is 97.0 Å². The number of ether oxygens (including phenoxy) is 3. The standard InChI is InChI=1S/C48H54N8O9/c1-24(2)36(53-45(60)62-5)43(58)55-22-47(11-12-47)17-33(55)41-49-19-31(51-41)26-7-9-29-28(15-26)21-64-40-38(57)30-16-27(8-10-35(30)65-39(29)40)32-20-50-42(52-32)34-18-48(13-14-48)23-56(34)44(59)37(25(3)4)54-46(61)63-6/h7-10,15-16,19-20,24-25,33-34,36-37H,11-14,17-18,21-23H2,1-6H3,(H,49,51)(H,50,52)(H,53,60)(H,54,61)/t33-,34-,36-,37-/m0/s1. The van der Waals surface area contributed by atoms with Gasteiger partial charge in [-0.25, -0.2) is 19.6 Å². The number of H-pyrrole nitrogens is 2. The lowest BCUT2D eigenvalue weighted by atomic mass is 9.98. The number of aromatic amines is 2. The molecule has 4 amide bonds. The van der Waals surface area contributed by atoms with E-state index in [1.54, 1.807) is 24.5 Å². The molecule has 0 bridgehead atoms. The molecule has 65 heavy (non-hydrogen) atoms. The van der Waals surface area contributed by atoms with Gasteiger partial charge in [0.15, 0.2) is 5.76 Å². The third kappa shape index (κ3) is 7.57. The van der Waals surface area contributed by atoms with Crippen molar-refractivity contribution >= 4 is 35.0 Å². The Morgan fingerprint density at radius 1 is 0.754 bits per heavy atom. The number of hydrogen-bond donors (Lipinski definition) is 4. The highest BCUT2D eigenvalue weighted by molar-refractivity contribution is 5.89. The quantitative estimate of drug-likeness (QED) is 0.112. The molecule has 340 valence electrons. The molecule has 2 saturated carbocycles. The largest absolute Gasteiger partial charge is 0.481 e. The van der Waals surface area contributed by atoms with E-state index in [-0.39, 0.29) is 64.3 Å². The summed E-state index contributed by atoms with van der Waals surface area (Å²) in [6.45, 7) is 8.95. The van der Waals surface area contributed by atoms with Gasteiger partial charge in [-0.05, 0) is 91.0 Å². The van der Waals surface area contributed by atoms with E-state index < -0.39 is 24.3 Å². The maximum Gasteiger partial charge on any atom is 0.407 e. The Labute approximate surface area is 375 Å². The van der Waals surface area contributed by atoms with Gasteiger partial charge in [0, 0.05) is 29.8 Å². The van der Waals surface area contributed by atoms with E-state index in [9.17, 15) is 24.0 Å². The Hall–Kier alpha value is -6.65. The van der Waals surface area contributed by atoms with Crippen LogP contribution >= 0.6 is 0 Å². The Balaban J connectivity index is 0.886. The first-order valence-corrected chi connectivity index (χ1v) is 22.5. The van der Waals surface area contributed by atoms with Crippen molar-refractivity contribution in [1.82, 2.24) is 40.4 Å². The zero-order chi connectivity index (χ0) is 45.5. The molecule has 6 heterocycles. The number of nitrogens with one attached hydrogen (secondary N) is 4. The van der Waals surface area contributed by atoms with E-state index in [4.69, 9.17) is 28.6 Å². The van der Waals surface area contributed by atoms with Gasteiger partial charge in [-0.2, -0.15) is 0 Å². The molecular weight excluding hydrogens is 833 g/mol. The van der Waals surface area contributed by atoms with Crippen LogP contribution in [0.3, 0.4) is 0 Å². The molecule has 17 nitrogen and oxygen atoms in total. The Morgan fingerprint density at radius 2 is 1.26 bits per heavy atom. The topological polar surface area (TPSA) is 214 Å². The van der Waals surface area contributed by atoms with Gasteiger partial charge in [0.1, 0.15) is 35.9 Å². The molecule has 2 saturated heterocycles. The Kier molecular flexibility index (Phi) is 10.3. The number of benzene rings is 2. The number of rotatable bonds is 10. The van der Waals surface area contributed by atoms with Crippen LogP contribution in [0.25, 0.3) is 44.8 Å². The molecule has 4 atom stereocenters. The molecule has 4 N–H and O–H groups in total. The second-order valence-electron chi connectivity index (χ2n) is 19.4. The van der Waals surface area contributed by atoms with Crippen LogP contribution in [0.1, 0.15) is 95.5 Å². The van der Waals surface area contributed by atoms with E-state index in [0.717, 1.165) is 66.5 Å². The molecule has 3 aromatic heterocycles. The minimum Gasteiger partial charge on any atom is -0.481 e. The normalized spacial score (nSPS) is 20.7. The summed E-state index contributed by atoms with van der Waals surface area (Å²) in [5.41, 5.74) is 4.87. The Bertz CT molecular complexity index is 2800. The highest BCUT2D eigenvalue weighted by Crippen LogP contribution is 2.59. The number of likely N-dealkylation sites (tertiary alicyclic amines) is 2. The molecule has 10 rings (SSSR count). The lowest BCUT2D eigenvalue weighted by Crippen LogP contribution is -2.51. The number of imidazole rings is 2. The molecule has 0 unspecified atom stereocenters. The fourth-order valence-electron chi connectivity index (χ4n) is 10.1. The first-order chi connectivity index (χ1) is 31.2. The van der Waals surface area contributed by atoms with Crippen molar-refractivity contribution in [3.63, 3.8) is 0 Å². The summed E-state index contributed by atoms with van der Waals surface area (Å²) >= 11 is 0.